The van der Waals surface area contributed by atoms with Gasteiger partial charge in [-0.25, -0.2) is 0 Å². The zero-order valence-electron chi connectivity index (χ0n) is 23.5. The molecule has 1 heterocycles. The number of hydrogen-bond donors (Lipinski definition) is 2. The van der Waals surface area contributed by atoms with Crippen molar-refractivity contribution in [3.05, 3.63) is 120 Å². The van der Waals surface area contributed by atoms with Gasteiger partial charge in [0.15, 0.2) is 0 Å². The first-order valence-electron chi connectivity index (χ1n) is 14.4. The van der Waals surface area contributed by atoms with E-state index in [-0.39, 0.29) is 17.7 Å². The summed E-state index contributed by atoms with van der Waals surface area (Å²) in [6.45, 7) is 4.54. The van der Waals surface area contributed by atoms with E-state index in [0.29, 0.717) is 29.5 Å². The second kappa shape index (κ2) is 13.7. The summed E-state index contributed by atoms with van der Waals surface area (Å²) >= 11 is 0. The van der Waals surface area contributed by atoms with Crippen LogP contribution < -0.4 is 20.3 Å². The Balaban J connectivity index is 1.20. The number of benzene rings is 4. The Kier molecular flexibility index (Phi) is 9.32. The van der Waals surface area contributed by atoms with E-state index in [2.05, 4.69) is 34.6 Å². The second-order valence-electron chi connectivity index (χ2n) is 10.4. The fourth-order valence-electron chi connectivity index (χ4n) is 5.46. The topological polar surface area (TPSA) is 70.7 Å². The van der Waals surface area contributed by atoms with Crippen LogP contribution in [0.15, 0.2) is 109 Å². The molecule has 2 amide bonds. The molecular formula is C35H37N3O3. The number of carbonyl (C=O) groups excluding carboxylic acids is 2. The summed E-state index contributed by atoms with van der Waals surface area (Å²) in [5, 5.41) is 6.13. The number of para-hydroxylation sites is 2. The Hall–Kier alpha value is -4.58. The van der Waals surface area contributed by atoms with Crippen LogP contribution in [0.5, 0.6) is 11.5 Å². The first-order chi connectivity index (χ1) is 20.1. The summed E-state index contributed by atoms with van der Waals surface area (Å²) < 4.78 is 5.96. The highest BCUT2D eigenvalue weighted by Crippen LogP contribution is 2.35. The van der Waals surface area contributed by atoms with Gasteiger partial charge in [-0.15, -0.1) is 0 Å². The molecule has 5 rings (SSSR count). The van der Waals surface area contributed by atoms with Crippen LogP contribution in [0.1, 0.15) is 48.0 Å². The maximum absolute atomic E-state index is 13.1. The standard InChI is InChI=1S/C35H37N3O3/c1-2-23-36-35(40)33(26-11-5-3-6-12-26)27-21-24-38(25-22-27)29-19-17-28(18-20-29)37-34(39)31-15-9-10-16-32(31)41-30-13-7-4-8-14-30/h3-20,27,33H,2,21-25H2,1H3,(H,36,40)(H,37,39). The van der Waals surface area contributed by atoms with E-state index >= 15 is 0 Å². The third-order valence-electron chi connectivity index (χ3n) is 7.59. The Labute approximate surface area is 242 Å². The van der Waals surface area contributed by atoms with E-state index in [0.717, 1.165) is 49.3 Å². The van der Waals surface area contributed by atoms with Crippen LogP contribution in [0.2, 0.25) is 0 Å². The lowest BCUT2D eigenvalue weighted by Crippen LogP contribution is -2.40. The van der Waals surface area contributed by atoms with Gasteiger partial charge in [0, 0.05) is 31.0 Å². The first kappa shape index (κ1) is 28.0. The van der Waals surface area contributed by atoms with Crippen LogP contribution in [-0.2, 0) is 4.79 Å². The zero-order valence-corrected chi connectivity index (χ0v) is 23.5. The molecule has 1 aliphatic rings. The number of piperidine rings is 1. The minimum Gasteiger partial charge on any atom is -0.457 e. The number of anilines is 2. The highest BCUT2D eigenvalue weighted by molar-refractivity contribution is 6.06. The molecule has 0 saturated carbocycles. The second-order valence-corrected chi connectivity index (χ2v) is 10.4. The third kappa shape index (κ3) is 7.14. The van der Waals surface area contributed by atoms with Crippen molar-refractivity contribution in [3.8, 4) is 11.5 Å². The summed E-state index contributed by atoms with van der Waals surface area (Å²) in [7, 11) is 0. The van der Waals surface area contributed by atoms with Crippen molar-refractivity contribution >= 4 is 23.2 Å². The summed E-state index contributed by atoms with van der Waals surface area (Å²) in [6.07, 6.45) is 2.81. The van der Waals surface area contributed by atoms with Gasteiger partial charge in [-0.2, -0.15) is 0 Å². The molecule has 6 heteroatoms. The number of ether oxygens (including phenoxy) is 1. The summed E-state index contributed by atoms with van der Waals surface area (Å²) in [6, 6.07) is 34.8. The monoisotopic (exact) mass is 547 g/mol. The lowest BCUT2D eigenvalue weighted by atomic mass is 9.79. The Bertz CT molecular complexity index is 1420. The van der Waals surface area contributed by atoms with E-state index in [4.69, 9.17) is 4.74 Å². The highest BCUT2D eigenvalue weighted by atomic mass is 16.5. The number of amides is 2. The lowest BCUT2D eigenvalue weighted by molar-refractivity contribution is -0.124. The van der Waals surface area contributed by atoms with Crippen molar-refractivity contribution in [2.75, 3.05) is 29.9 Å². The zero-order chi connectivity index (χ0) is 28.4. The molecule has 41 heavy (non-hydrogen) atoms. The largest absolute Gasteiger partial charge is 0.457 e. The van der Waals surface area contributed by atoms with Crippen molar-refractivity contribution in [1.82, 2.24) is 5.32 Å². The Morgan fingerprint density at radius 3 is 2.15 bits per heavy atom. The summed E-state index contributed by atoms with van der Waals surface area (Å²) in [5.74, 6) is 1.26. The van der Waals surface area contributed by atoms with Crippen LogP contribution in [0.4, 0.5) is 11.4 Å². The van der Waals surface area contributed by atoms with Crippen molar-refractivity contribution in [2.24, 2.45) is 5.92 Å². The Morgan fingerprint density at radius 2 is 1.46 bits per heavy atom. The van der Waals surface area contributed by atoms with Crippen LogP contribution >= 0.6 is 0 Å². The molecule has 0 radical (unpaired) electrons. The van der Waals surface area contributed by atoms with E-state index in [1.807, 2.05) is 84.9 Å². The highest BCUT2D eigenvalue weighted by Gasteiger charge is 2.32. The van der Waals surface area contributed by atoms with Crippen molar-refractivity contribution in [2.45, 2.75) is 32.1 Å². The van der Waals surface area contributed by atoms with Gasteiger partial charge in [0.2, 0.25) is 5.91 Å². The summed E-state index contributed by atoms with van der Waals surface area (Å²) in [5.41, 5.74) is 3.40. The molecule has 0 bridgehead atoms. The van der Waals surface area contributed by atoms with Crippen LogP contribution in [0, 0.1) is 5.92 Å². The van der Waals surface area contributed by atoms with Crippen LogP contribution in [0.3, 0.4) is 0 Å². The molecule has 1 atom stereocenters. The normalized spacial score (nSPS) is 14.2. The molecule has 1 aliphatic heterocycles. The lowest BCUT2D eigenvalue weighted by Gasteiger charge is -2.37. The molecule has 4 aromatic rings. The fraction of sp³-hybridized carbons (Fsp3) is 0.257. The van der Waals surface area contributed by atoms with Gasteiger partial charge < -0.3 is 20.3 Å². The van der Waals surface area contributed by atoms with Gasteiger partial charge in [0.05, 0.1) is 11.5 Å². The van der Waals surface area contributed by atoms with Gasteiger partial charge in [-0.3, -0.25) is 9.59 Å². The SMILES string of the molecule is CCCNC(=O)C(c1ccccc1)C1CCN(c2ccc(NC(=O)c3ccccc3Oc3ccccc3)cc2)CC1. The van der Waals surface area contributed by atoms with Crippen molar-refractivity contribution in [3.63, 3.8) is 0 Å². The van der Waals surface area contributed by atoms with Gasteiger partial charge in [-0.1, -0.05) is 67.6 Å². The Morgan fingerprint density at radius 1 is 0.829 bits per heavy atom. The van der Waals surface area contributed by atoms with Gasteiger partial charge >= 0.3 is 0 Å². The number of hydrogen-bond acceptors (Lipinski definition) is 4. The molecule has 0 aliphatic carbocycles. The maximum atomic E-state index is 13.1. The minimum atomic E-state index is -0.224. The molecule has 0 spiro atoms. The molecule has 0 aromatic heterocycles. The smallest absolute Gasteiger partial charge is 0.259 e. The molecular weight excluding hydrogens is 510 g/mol. The van der Waals surface area contributed by atoms with Gasteiger partial charge in [0.1, 0.15) is 11.5 Å². The number of nitrogens with one attached hydrogen (secondary N) is 2. The number of rotatable bonds is 10. The van der Waals surface area contributed by atoms with Crippen molar-refractivity contribution in [1.29, 1.82) is 0 Å². The van der Waals surface area contributed by atoms with E-state index in [1.54, 1.807) is 12.1 Å². The van der Waals surface area contributed by atoms with Crippen LogP contribution in [-0.4, -0.2) is 31.4 Å². The summed E-state index contributed by atoms with van der Waals surface area (Å²) in [4.78, 5) is 28.6. The molecule has 1 unspecified atom stereocenters. The van der Waals surface area contributed by atoms with E-state index < -0.39 is 0 Å². The third-order valence-corrected chi connectivity index (χ3v) is 7.59. The average Bonchev–Trinajstić information content (AvgIpc) is 3.02. The fourth-order valence-corrected chi connectivity index (χ4v) is 5.46. The molecule has 2 N–H and O–H groups in total. The maximum Gasteiger partial charge on any atom is 0.259 e. The van der Waals surface area contributed by atoms with E-state index in [9.17, 15) is 9.59 Å². The van der Waals surface area contributed by atoms with E-state index in [1.165, 1.54) is 0 Å². The minimum absolute atomic E-state index is 0.128. The average molecular weight is 548 g/mol. The van der Waals surface area contributed by atoms with Crippen LogP contribution in [0.25, 0.3) is 0 Å². The number of carbonyl (C=O) groups is 2. The molecule has 6 nitrogen and oxygen atoms in total. The molecule has 210 valence electrons. The first-order valence-corrected chi connectivity index (χ1v) is 14.4. The quantitative estimate of drug-likeness (QED) is 0.219. The van der Waals surface area contributed by atoms with Crippen molar-refractivity contribution < 1.29 is 14.3 Å². The molecule has 4 aromatic carbocycles. The van der Waals surface area contributed by atoms with Gasteiger partial charge in [0.25, 0.3) is 5.91 Å². The predicted octanol–water partition coefficient (Wildman–Crippen LogP) is 7.26. The molecule has 1 saturated heterocycles. The van der Waals surface area contributed by atoms with Gasteiger partial charge in [-0.05, 0) is 79.3 Å². The molecule has 1 fully saturated rings. The number of nitrogens with zero attached hydrogens (tertiary/aromatic N) is 1. The predicted molar refractivity (Wildman–Crippen MR) is 165 cm³/mol.